The zero-order valence-corrected chi connectivity index (χ0v) is 17.4. The average molecular weight is 403 g/mol. The number of nitrogen functional groups attached to an aromatic ring is 1. The van der Waals surface area contributed by atoms with E-state index >= 15 is 0 Å². The fourth-order valence-corrected chi connectivity index (χ4v) is 4.96. The van der Waals surface area contributed by atoms with Crippen LogP contribution in [0.2, 0.25) is 0 Å². The van der Waals surface area contributed by atoms with Gasteiger partial charge in [0.25, 0.3) is 0 Å². The quantitative estimate of drug-likeness (QED) is 0.516. The van der Waals surface area contributed by atoms with Crippen LogP contribution in [0.5, 0.6) is 0 Å². The van der Waals surface area contributed by atoms with Gasteiger partial charge in [0.2, 0.25) is 0 Å². The van der Waals surface area contributed by atoms with Crippen molar-refractivity contribution in [1.82, 2.24) is 14.6 Å². The molecule has 4 N–H and O–H groups in total. The summed E-state index contributed by atoms with van der Waals surface area (Å²) in [6, 6.07) is 10.6. The van der Waals surface area contributed by atoms with E-state index in [9.17, 15) is 0 Å². The van der Waals surface area contributed by atoms with Gasteiger partial charge in [-0.1, -0.05) is 31.4 Å². The number of aromatic nitrogens is 3. The number of rotatable bonds is 4. The van der Waals surface area contributed by atoms with Crippen LogP contribution in [0.15, 0.2) is 36.5 Å². The lowest BCUT2D eigenvalue weighted by atomic mass is 9.84. The number of benzene rings is 1. The lowest BCUT2D eigenvalue weighted by molar-refractivity contribution is 0.443. The third-order valence-corrected chi connectivity index (χ3v) is 6.74. The zero-order valence-electron chi connectivity index (χ0n) is 17.4. The molecule has 3 aromatic rings. The van der Waals surface area contributed by atoms with Crippen molar-refractivity contribution in [3.05, 3.63) is 47.8 Å². The molecule has 2 aliphatic rings. The van der Waals surface area contributed by atoms with Gasteiger partial charge < -0.3 is 16.5 Å². The topological polar surface area (TPSA) is 92.1 Å². The molecule has 30 heavy (non-hydrogen) atoms. The molecule has 0 aliphatic heterocycles. The first-order valence-electron chi connectivity index (χ1n) is 11.2. The summed E-state index contributed by atoms with van der Waals surface area (Å²) in [5.74, 6) is 1.83. The van der Waals surface area contributed by atoms with Crippen molar-refractivity contribution in [1.29, 1.82) is 5.41 Å². The maximum Gasteiger partial charge on any atom is 0.177 e. The van der Waals surface area contributed by atoms with Crippen LogP contribution in [-0.4, -0.2) is 20.3 Å². The molecule has 2 aromatic heterocycles. The molecule has 0 unspecified atom stereocenters. The maximum absolute atomic E-state index is 7.82. The minimum Gasteiger partial charge on any atom is -0.396 e. The van der Waals surface area contributed by atoms with Crippen molar-refractivity contribution in [2.75, 3.05) is 11.1 Å². The van der Waals surface area contributed by atoms with Gasteiger partial charge in [0.15, 0.2) is 11.5 Å². The molecule has 2 saturated carbocycles. The highest BCUT2D eigenvalue weighted by Crippen LogP contribution is 2.34. The van der Waals surface area contributed by atoms with Crippen LogP contribution in [0.4, 0.5) is 17.2 Å². The molecule has 1 aromatic carbocycles. The molecule has 0 saturated heterocycles. The van der Waals surface area contributed by atoms with Crippen molar-refractivity contribution in [3.63, 3.8) is 0 Å². The van der Waals surface area contributed by atoms with E-state index in [1.807, 2.05) is 12.3 Å². The van der Waals surface area contributed by atoms with Crippen LogP contribution in [0.1, 0.15) is 80.9 Å². The molecule has 2 fully saturated rings. The van der Waals surface area contributed by atoms with E-state index in [-0.39, 0.29) is 0 Å². The SMILES string of the molecule is N=C1CCC(c2cn3nc(Nc4ccc(C5CCCCC5)cc4)cc(N)c3n2)CC1. The van der Waals surface area contributed by atoms with E-state index in [4.69, 9.17) is 21.2 Å². The molecule has 2 heterocycles. The van der Waals surface area contributed by atoms with Gasteiger partial charge in [-0.2, -0.15) is 0 Å². The monoisotopic (exact) mass is 402 g/mol. The Morgan fingerprint density at radius 2 is 1.70 bits per heavy atom. The molecule has 156 valence electrons. The third-order valence-electron chi connectivity index (χ3n) is 6.74. The van der Waals surface area contributed by atoms with Crippen molar-refractivity contribution >= 4 is 28.6 Å². The normalized spacial score (nSPS) is 20.5. The number of hydrogen-bond donors (Lipinski definition) is 3. The highest BCUT2D eigenvalue weighted by molar-refractivity contribution is 5.82. The van der Waals surface area contributed by atoms with E-state index < -0.39 is 0 Å². The van der Waals surface area contributed by atoms with Crippen LogP contribution in [-0.2, 0) is 0 Å². The van der Waals surface area contributed by atoms with Crippen molar-refractivity contribution in [2.24, 2.45) is 0 Å². The summed E-state index contributed by atoms with van der Waals surface area (Å²) in [4.78, 5) is 4.75. The lowest BCUT2D eigenvalue weighted by Gasteiger charge is -2.22. The van der Waals surface area contributed by atoms with Crippen LogP contribution < -0.4 is 11.1 Å². The van der Waals surface area contributed by atoms with Crippen LogP contribution in [0.25, 0.3) is 5.65 Å². The Balaban J connectivity index is 1.33. The molecule has 5 rings (SSSR count). The summed E-state index contributed by atoms with van der Waals surface area (Å²) in [5.41, 5.74) is 12.0. The maximum atomic E-state index is 7.82. The molecule has 2 aliphatic carbocycles. The molecule has 0 bridgehead atoms. The van der Waals surface area contributed by atoms with Gasteiger partial charge in [0, 0.05) is 23.4 Å². The van der Waals surface area contributed by atoms with E-state index in [1.165, 1.54) is 37.7 Å². The number of nitrogens with zero attached hydrogens (tertiary/aromatic N) is 3. The second kappa shape index (κ2) is 8.09. The van der Waals surface area contributed by atoms with E-state index in [1.54, 1.807) is 4.52 Å². The van der Waals surface area contributed by atoms with Crippen molar-refractivity contribution < 1.29 is 0 Å². The van der Waals surface area contributed by atoms with Crippen LogP contribution in [0.3, 0.4) is 0 Å². The van der Waals surface area contributed by atoms with Crippen molar-refractivity contribution in [3.8, 4) is 0 Å². The molecule has 0 spiro atoms. The highest BCUT2D eigenvalue weighted by atomic mass is 15.3. The summed E-state index contributed by atoms with van der Waals surface area (Å²) >= 11 is 0. The van der Waals surface area contributed by atoms with Gasteiger partial charge in [0.1, 0.15) is 0 Å². The predicted octanol–water partition coefficient (Wildman–Crippen LogP) is 5.78. The Hall–Kier alpha value is -2.89. The molecule has 6 nitrogen and oxygen atoms in total. The Labute approximate surface area is 177 Å². The molecular weight excluding hydrogens is 372 g/mol. The first-order chi connectivity index (χ1) is 14.7. The summed E-state index contributed by atoms with van der Waals surface area (Å²) in [6.45, 7) is 0. The highest BCUT2D eigenvalue weighted by Gasteiger charge is 2.22. The van der Waals surface area contributed by atoms with Crippen LogP contribution in [0, 0.1) is 5.41 Å². The Morgan fingerprint density at radius 3 is 2.43 bits per heavy atom. The van der Waals surface area contributed by atoms with Gasteiger partial charge in [-0.25, -0.2) is 9.50 Å². The number of anilines is 3. The van der Waals surface area contributed by atoms with Gasteiger partial charge in [0.05, 0.1) is 17.6 Å². The molecule has 0 radical (unpaired) electrons. The van der Waals surface area contributed by atoms with Gasteiger partial charge in [-0.3, -0.25) is 0 Å². The number of fused-ring (bicyclic) bond motifs is 1. The summed E-state index contributed by atoms with van der Waals surface area (Å²) < 4.78 is 1.79. The first-order valence-corrected chi connectivity index (χ1v) is 11.2. The van der Waals surface area contributed by atoms with Crippen molar-refractivity contribution in [2.45, 2.75) is 69.6 Å². The second-order valence-corrected chi connectivity index (χ2v) is 8.88. The number of imidazole rings is 1. The molecule has 0 atom stereocenters. The minimum atomic E-state index is 0.393. The standard InChI is InChI=1S/C24H30N6/c25-19-10-6-18(7-11-19)22-15-30-24(28-22)21(26)14-23(29-30)27-20-12-8-17(9-13-20)16-4-2-1-3-5-16/h8-9,12-16,18,25H,1-7,10-11,26H2,(H,27,29). The molecule has 0 amide bonds. The zero-order chi connectivity index (χ0) is 20.5. The second-order valence-electron chi connectivity index (χ2n) is 8.88. The Bertz CT molecular complexity index is 1040. The number of hydrogen-bond acceptors (Lipinski definition) is 5. The molecular formula is C24H30N6. The Morgan fingerprint density at radius 1 is 0.967 bits per heavy atom. The fraction of sp³-hybridized carbons (Fsp3) is 0.458. The smallest absolute Gasteiger partial charge is 0.177 e. The minimum absolute atomic E-state index is 0.393. The van der Waals surface area contributed by atoms with Crippen LogP contribution >= 0.6 is 0 Å². The Kier molecular flexibility index (Phi) is 5.15. The van der Waals surface area contributed by atoms with Gasteiger partial charge >= 0.3 is 0 Å². The fourth-order valence-electron chi connectivity index (χ4n) is 4.96. The van der Waals surface area contributed by atoms with Gasteiger partial charge in [-0.15, -0.1) is 5.10 Å². The first kappa shape index (κ1) is 19.1. The predicted molar refractivity (Wildman–Crippen MR) is 122 cm³/mol. The summed E-state index contributed by atoms with van der Waals surface area (Å²) in [7, 11) is 0. The number of nitrogens with two attached hydrogens (primary N) is 1. The number of nitrogens with one attached hydrogen (secondary N) is 2. The average Bonchev–Trinajstić information content (AvgIpc) is 3.20. The largest absolute Gasteiger partial charge is 0.396 e. The van der Waals surface area contributed by atoms with Gasteiger partial charge in [-0.05, 0) is 62.1 Å². The summed E-state index contributed by atoms with van der Waals surface area (Å²) in [5, 5.41) is 15.9. The van der Waals surface area contributed by atoms with E-state index in [0.29, 0.717) is 23.2 Å². The van der Waals surface area contributed by atoms with E-state index in [2.05, 4.69) is 29.6 Å². The molecule has 6 heteroatoms. The lowest BCUT2D eigenvalue weighted by Crippen LogP contribution is -2.12. The third kappa shape index (κ3) is 3.91. The summed E-state index contributed by atoms with van der Waals surface area (Å²) in [6.07, 6.45) is 12.4. The van der Waals surface area contributed by atoms with E-state index in [0.717, 1.165) is 48.6 Å².